The summed E-state index contributed by atoms with van der Waals surface area (Å²) in [6.07, 6.45) is 7.93. The van der Waals surface area contributed by atoms with Crippen molar-refractivity contribution in [2.24, 2.45) is 5.92 Å². The third kappa shape index (κ3) is 5.44. The van der Waals surface area contributed by atoms with Gasteiger partial charge >= 0.3 is 0 Å². The van der Waals surface area contributed by atoms with Crippen LogP contribution in [0.2, 0.25) is 0 Å². The van der Waals surface area contributed by atoms with E-state index >= 15 is 0 Å². The lowest BCUT2D eigenvalue weighted by atomic mass is 9.87. The average Bonchev–Trinajstić information content (AvgIpc) is 2.52. The summed E-state index contributed by atoms with van der Waals surface area (Å²) in [5.41, 5.74) is 2.35. The van der Waals surface area contributed by atoms with E-state index in [0.717, 1.165) is 18.0 Å². The summed E-state index contributed by atoms with van der Waals surface area (Å²) in [6.45, 7) is 6.08. The molecule has 1 aromatic carbocycles. The van der Waals surface area contributed by atoms with Gasteiger partial charge in [0.25, 0.3) is 0 Å². The van der Waals surface area contributed by atoms with Crippen LogP contribution in [0.4, 0.5) is 0 Å². The molecule has 1 aromatic rings. The van der Waals surface area contributed by atoms with Gasteiger partial charge in [0, 0.05) is 6.54 Å². The van der Waals surface area contributed by atoms with Gasteiger partial charge in [0.2, 0.25) is 0 Å². The van der Waals surface area contributed by atoms with E-state index in [-0.39, 0.29) is 0 Å². The van der Waals surface area contributed by atoms with E-state index in [9.17, 15) is 5.11 Å². The summed E-state index contributed by atoms with van der Waals surface area (Å²) in [6, 6.07) is 8.38. The highest BCUT2D eigenvalue weighted by Gasteiger charge is 2.13. The van der Waals surface area contributed by atoms with Crippen LogP contribution in [0.3, 0.4) is 0 Å². The van der Waals surface area contributed by atoms with E-state index < -0.39 is 6.10 Å². The van der Waals surface area contributed by atoms with E-state index in [1.807, 2.05) is 0 Å². The lowest BCUT2D eigenvalue weighted by Gasteiger charge is -2.22. The molecule has 2 nitrogen and oxygen atoms in total. The molecule has 1 atom stereocenters. The van der Waals surface area contributed by atoms with Gasteiger partial charge in [0.15, 0.2) is 0 Å². The summed E-state index contributed by atoms with van der Waals surface area (Å²) in [5.74, 6) is 1.46. The molecule has 1 fully saturated rings. The van der Waals surface area contributed by atoms with Gasteiger partial charge in [-0.2, -0.15) is 0 Å². The Labute approximate surface area is 130 Å². The molecule has 2 N–H and O–H groups in total. The summed E-state index contributed by atoms with van der Waals surface area (Å²) < 4.78 is 0. The second kappa shape index (κ2) is 8.55. The van der Waals surface area contributed by atoms with Crippen LogP contribution in [0.5, 0.6) is 0 Å². The topological polar surface area (TPSA) is 32.3 Å². The second-order valence-corrected chi connectivity index (χ2v) is 6.83. The molecule has 0 spiro atoms. The molecule has 2 rings (SSSR count). The Morgan fingerprint density at radius 3 is 2.29 bits per heavy atom. The Hall–Kier alpha value is -0.860. The number of rotatable bonds is 7. The predicted molar refractivity (Wildman–Crippen MR) is 89.6 cm³/mol. The minimum atomic E-state index is -0.391. The van der Waals surface area contributed by atoms with E-state index in [2.05, 4.69) is 43.4 Å². The number of aliphatic hydroxyl groups is 1. The fourth-order valence-electron chi connectivity index (χ4n) is 3.24. The van der Waals surface area contributed by atoms with Crippen molar-refractivity contribution in [3.8, 4) is 0 Å². The standard InChI is InChI=1S/C19H31NO/c1-15(2)17-8-10-18(11-9-17)19(21)14-20-13-12-16-6-4-3-5-7-16/h8-11,15-16,19-21H,3-7,12-14H2,1-2H3. The second-order valence-electron chi connectivity index (χ2n) is 6.83. The molecule has 1 saturated carbocycles. The minimum Gasteiger partial charge on any atom is -0.387 e. The zero-order valence-corrected chi connectivity index (χ0v) is 13.6. The van der Waals surface area contributed by atoms with Crippen LogP contribution in [0.25, 0.3) is 0 Å². The molecular formula is C19H31NO. The maximum absolute atomic E-state index is 10.2. The molecule has 1 aliphatic rings. The lowest BCUT2D eigenvalue weighted by molar-refractivity contribution is 0.173. The first kappa shape index (κ1) is 16.5. The molecule has 0 aromatic heterocycles. The molecule has 1 aliphatic carbocycles. The molecule has 0 aliphatic heterocycles. The highest BCUT2D eigenvalue weighted by atomic mass is 16.3. The van der Waals surface area contributed by atoms with Crippen molar-refractivity contribution >= 4 is 0 Å². The highest BCUT2D eigenvalue weighted by Crippen LogP contribution is 2.25. The molecule has 1 unspecified atom stereocenters. The lowest BCUT2D eigenvalue weighted by Crippen LogP contribution is -2.24. The Bertz CT molecular complexity index is 393. The van der Waals surface area contributed by atoms with Gasteiger partial charge in [-0.05, 0) is 35.9 Å². The van der Waals surface area contributed by atoms with Gasteiger partial charge in [-0.1, -0.05) is 70.2 Å². The number of aliphatic hydroxyl groups excluding tert-OH is 1. The SMILES string of the molecule is CC(C)c1ccc(C(O)CNCCC2CCCCC2)cc1. The van der Waals surface area contributed by atoms with Crippen LogP contribution < -0.4 is 5.32 Å². The maximum atomic E-state index is 10.2. The van der Waals surface area contributed by atoms with Gasteiger partial charge in [-0.3, -0.25) is 0 Å². The van der Waals surface area contributed by atoms with Crippen molar-refractivity contribution in [3.05, 3.63) is 35.4 Å². The normalized spacial score (nSPS) is 18.1. The van der Waals surface area contributed by atoms with Crippen molar-refractivity contribution in [3.63, 3.8) is 0 Å². The van der Waals surface area contributed by atoms with Crippen molar-refractivity contribution in [1.82, 2.24) is 5.32 Å². The fraction of sp³-hybridized carbons (Fsp3) is 0.684. The van der Waals surface area contributed by atoms with E-state index in [1.54, 1.807) is 0 Å². The number of hydrogen-bond acceptors (Lipinski definition) is 2. The quantitative estimate of drug-likeness (QED) is 0.729. The number of nitrogens with one attached hydrogen (secondary N) is 1. The predicted octanol–water partition coefficient (Wildman–Crippen LogP) is 4.40. The molecule has 0 heterocycles. The molecule has 2 heteroatoms. The summed E-state index contributed by atoms with van der Waals surface area (Å²) in [5, 5.41) is 13.6. The molecule has 118 valence electrons. The molecule has 0 radical (unpaired) electrons. The van der Waals surface area contributed by atoms with Crippen LogP contribution in [0.1, 0.15) is 75.5 Å². The van der Waals surface area contributed by atoms with Gasteiger partial charge < -0.3 is 10.4 Å². The molecule has 0 amide bonds. The van der Waals surface area contributed by atoms with Crippen molar-refractivity contribution in [1.29, 1.82) is 0 Å². The summed E-state index contributed by atoms with van der Waals surface area (Å²) in [7, 11) is 0. The Morgan fingerprint density at radius 2 is 1.67 bits per heavy atom. The molecule has 0 saturated heterocycles. The van der Waals surface area contributed by atoms with Crippen LogP contribution >= 0.6 is 0 Å². The third-order valence-corrected chi connectivity index (χ3v) is 4.78. The van der Waals surface area contributed by atoms with E-state index in [4.69, 9.17) is 0 Å². The zero-order chi connectivity index (χ0) is 15.1. The summed E-state index contributed by atoms with van der Waals surface area (Å²) >= 11 is 0. The van der Waals surface area contributed by atoms with Gasteiger partial charge in [0.05, 0.1) is 6.10 Å². The van der Waals surface area contributed by atoms with Crippen LogP contribution in [0, 0.1) is 5.92 Å². The Morgan fingerprint density at radius 1 is 1.05 bits per heavy atom. The van der Waals surface area contributed by atoms with Crippen molar-refractivity contribution < 1.29 is 5.11 Å². The number of hydrogen-bond donors (Lipinski definition) is 2. The highest BCUT2D eigenvalue weighted by molar-refractivity contribution is 5.26. The van der Waals surface area contributed by atoms with Crippen LogP contribution in [-0.4, -0.2) is 18.2 Å². The monoisotopic (exact) mass is 289 g/mol. The van der Waals surface area contributed by atoms with Crippen LogP contribution in [0.15, 0.2) is 24.3 Å². The molecule has 21 heavy (non-hydrogen) atoms. The zero-order valence-electron chi connectivity index (χ0n) is 13.6. The Balaban J connectivity index is 1.67. The number of benzene rings is 1. The summed E-state index contributed by atoms with van der Waals surface area (Å²) in [4.78, 5) is 0. The minimum absolute atomic E-state index is 0.391. The van der Waals surface area contributed by atoms with E-state index in [1.165, 1.54) is 44.1 Å². The van der Waals surface area contributed by atoms with Gasteiger partial charge in [-0.25, -0.2) is 0 Å². The van der Waals surface area contributed by atoms with Crippen molar-refractivity contribution in [2.75, 3.05) is 13.1 Å². The molecular weight excluding hydrogens is 258 g/mol. The first-order chi connectivity index (χ1) is 10.2. The first-order valence-electron chi connectivity index (χ1n) is 8.65. The fourth-order valence-corrected chi connectivity index (χ4v) is 3.24. The maximum Gasteiger partial charge on any atom is 0.0914 e. The largest absolute Gasteiger partial charge is 0.387 e. The van der Waals surface area contributed by atoms with Crippen LogP contribution in [-0.2, 0) is 0 Å². The third-order valence-electron chi connectivity index (χ3n) is 4.78. The van der Waals surface area contributed by atoms with Gasteiger partial charge in [0.1, 0.15) is 0 Å². The first-order valence-corrected chi connectivity index (χ1v) is 8.65. The van der Waals surface area contributed by atoms with Crippen molar-refractivity contribution in [2.45, 2.75) is 64.4 Å². The smallest absolute Gasteiger partial charge is 0.0914 e. The van der Waals surface area contributed by atoms with Gasteiger partial charge in [-0.15, -0.1) is 0 Å². The van der Waals surface area contributed by atoms with E-state index in [0.29, 0.717) is 12.5 Å². The molecule has 0 bridgehead atoms. The average molecular weight is 289 g/mol. The Kier molecular flexibility index (Phi) is 6.72.